The van der Waals surface area contributed by atoms with Gasteiger partial charge in [0.15, 0.2) is 5.82 Å². The number of anilines is 1. The largest absolute Gasteiger partial charge is 0.379 e. The van der Waals surface area contributed by atoms with Crippen molar-refractivity contribution >= 4 is 22.3 Å². The molecule has 0 radical (unpaired) electrons. The second-order valence-electron chi connectivity index (χ2n) is 5.20. The van der Waals surface area contributed by atoms with E-state index in [1.54, 1.807) is 12.1 Å². The van der Waals surface area contributed by atoms with Crippen LogP contribution in [0.1, 0.15) is 13.8 Å². The molecule has 0 amide bonds. The van der Waals surface area contributed by atoms with E-state index >= 15 is 0 Å². The van der Waals surface area contributed by atoms with Crippen molar-refractivity contribution in [3.8, 4) is 0 Å². The van der Waals surface area contributed by atoms with Crippen LogP contribution in [0.15, 0.2) is 24.4 Å². The van der Waals surface area contributed by atoms with Crippen molar-refractivity contribution in [2.45, 2.75) is 19.9 Å². The van der Waals surface area contributed by atoms with Gasteiger partial charge in [-0.15, -0.1) is 0 Å². The molecule has 0 aliphatic rings. The highest BCUT2D eigenvalue weighted by atomic mass is 19.1. The monoisotopic (exact) mass is 292 g/mol. The number of nitrogens with zero attached hydrogens (tertiary/aromatic N) is 2. The maximum atomic E-state index is 14.1. The van der Waals surface area contributed by atoms with Gasteiger partial charge in [-0.3, -0.25) is 15.1 Å². The third kappa shape index (κ3) is 3.08. The number of nitrogens with one attached hydrogen (secondary N) is 1. The lowest BCUT2D eigenvalue weighted by Gasteiger charge is -2.18. The Bertz CT molecular complexity index is 675. The number of hydrogen-bond acceptors (Lipinski definition) is 5. The molecule has 6 nitrogen and oxygen atoms in total. The van der Waals surface area contributed by atoms with Gasteiger partial charge in [0.25, 0.3) is 5.69 Å². The molecule has 0 saturated carbocycles. The van der Waals surface area contributed by atoms with Crippen LogP contribution in [-0.2, 0) is 0 Å². The van der Waals surface area contributed by atoms with E-state index in [4.69, 9.17) is 5.73 Å². The molecule has 1 aromatic carbocycles. The summed E-state index contributed by atoms with van der Waals surface area (Å²) in [7, 11) is 0. The maximum Gasteiger partial charge on any atom is 0.281 e. The molecule has 0 saturated heterocycles. The number of nitro groups is 1. The molecule has 0 aliphatic carbocycles. The summed E-state index contributed by atoms with van der Waals surface area (Å²) >= 11 is 0. The van der Waals surface area contributed by atoms with Crippen LogP contribution in [-0.4, -0.2) is 22.5 Å². The standard InChI is InChI=1S/C14H17FN4O2/c1-8(2)11(16)7-18-14-10(15)6-12(19(20)21)9-4-3-5-17-13(9)14/h3-6,8,11,18H,7,16H2,1-2H3. The second kappa shape index (κ2) is 6.01. The molecule has 21 heavy (non-hydrogen) atoms. The lowest BCUT2D eigenvalue weighted by Crippen LogP contribution is -2.34. The highest BCUT2D eigenvalue weighted by molar-refractivity contribution is 5.97. The summed E-state index contributed by atoms with van der Waals surface area (Å²) in [5, 5.41) is 14.2. The van der Waals surface area contributed by atoms with E-state index in [1.165, 1.54) is 6.20 Å². The second-order valence-corrected chi connectivity index (χ2v) is 5.20. The van der Waals surface area contributed by atoms with Gasteiger partial charge in [-0.1, -0.05) is 13.8 Å². The van der Waals surface area contributed by atoms with Gasteiger partial charge in [-0.05, 0) is 18.1 Å². The summed E-state index contributed by atoms with van der Waals surface area (Å²) in [6.07, 6.45) is 1.47. The highest BCUT2D eigenvalue weighted by Crippen LogP contribution is 2.32. The number of fused-ring (bicyclic) bond motifs is 1. The number of pyridine rings is 1. The van der Waals surface area contributed by atoms with E-state index in [-0.39, 0.29) is 28.9 Å². The number of rotatable bonds is 5. The third-order valence-corrected chi connectivity index (χ3v) is 3.39. The molecule has 1 aromatic heterocycles. The van der Waals surface area contributed by atoms with Crippen LogP contribution in [0.2, 0.25) is 0 Å². The zero-order valence-corrected chi connectivity index (χ0v) is 11.8. The summed E-state index contributed by atoms with van der Waals surface area (Å²) in [6, 6.07) is 3.88. The minimum Gasteiger partial charge on any atom is -0.379 e. The Morgan fingerprint density at radius 2 is 2.24 bits per heavy atom. The van der Waals surface area contributed by atoms with Gasteiger partial charge < -0.3 is 11.1 Å². The van der Waals surface area contributed by atoms with E-state index in [9.17, 15) is 14.5 Å². The lowest BCUT2D eigenvalue weighted by atomic mass is 10.1. The van der Waals surface area contributed by atoms with Gasteiger partial charge in [-0.2, -0.15) is 0 Å². The zero-order valence-electron chi connectivity index (χ0n) is 11.8. The Hall–Kier alpha value is -2.28. The molecule has 1 heterocycles. The van der Waals surface area contributed by atoms with Gasteiger partial charge in [0, 0.05) is 18.8 Å². The minimum atomic E-state index is -0.705. The number of aromatic nitrogens is 1. The van der Waals surface area contributed by atoms with Gasteiger partial charge in [0.05, 0.1) is 22.1 Å². The molecular weight excluding hydrogens is 275 g/mol. The minimum absolute atomic E-state index is 0.146. The summed E-state index contributed by atoms with van der Waals surface area (Å²) in [5.74, 6) is -0.471. The van der Waals surface area contributed by atoms with Crippen molar-refractivity contribution < 1.29 is 9.31 Å². The molecule has 0 spiro atoms. The molecule has 0 aliphatic heterocycles. The first-order chi connectivity index (χ1) is 9.91. The zero-order chi connectivity index (χ0) is 15.6. The molecule has 1 atom stereocenters. The van der Waals surface area contributed by atoms with Crippen LogP contribution in [0.4, 0.5) is 15.8 Å². The first kappa shape index (κ1) is 15.1. The predicted octanol–water partition coefficient (Wildman–Crippen LogP) is 2.68. The van der Waals surface area contributed by atoms with E-state index in [2.05, 4.69) is 10.3 Å². The van der Waals surface area contributed by atoms with Crippen molar-refractivity contribution in [1.29, 1.82) is 0 Å². The van der Waals surface area contributed by atoms with Crippen LogP contribution in [0.3, 0.4) is 0 Å². The average molecular weight is 292 g/mol. The number of nitrogens with two attached hydrogens (primary N) is 1. The van der Waals surface area contributed by atoms with Crippen LogP contribution < -0.4 is 11.1 Å². The van der Waals surface area contributed by atoms with Crippen molar-refractivity contribution in [2.75, 3.05) is 11.9 Å². The number of nitro benzene ring substituents is 1. The van der Waals surface area contributed by atoms with E-state index in [0.29, 0.717) is 11.9 Å². The molecule has 0 fully saturated rings. The number of non-ortho nitro benzene ring substituents is 1. The quantitative estimate of drug-likeness (QED) is 0.652. The van der Waals surface area contributed by atoms with Crippen molar-refractivity contribution in [3.05, 3.63) is 40.3 Å². The van der Waals surface area contributed by atoms with Crippen molar-refractivity contribution in [2.24, 2.45) is 11.7 Å². The Morgan fingerprint density at radius 3 is 2.86 bits per heavy atom. The van der Waals surface area contributed by atoms with Gasteiger partial charge in [0.2, 0.25) is 0 Å². The third-order valence-electron chi connectivity index (χ3n) is 3.39. The average Bonchev–Trinajstić information content (AvgIpc) is 2.44. The summed E-state index contributed by atoms with van der Waals surface area (Å²) in [4.78, 5) is 14.5. The fourth-order valence-electron chi connectivity index (χ4n) is 1.97. The molecule has 3 N–H and O–H groups in total. The highest BCUT2D eigenvalue weighted by Gasteiger charge is 2.20. The summed E-state index contributed by atoms with van der Waals surface area (Å²) < 4.78 is 14.1. The fraction of sp³-hybridized carbons (Fsp3) is 0.357. The predicted molar refractivity (Wildman–Crippen MR) is 79.7 cm³/mol. The lowest BCUT2D eigenvalue weighted by molar-refractivity contribution is -0.383. The molecule has 7 heteroatoms. The maximum absolute atomic E-state index is 14.1. The van der Waals surface area contributed by atoms with Crippen molar-refractivity contribution in [1.82, 2.24) is 4.98 Å². The molecule has 0 bridgehead atoms. The van der Waals surface area contributed by atoms with E-state index in [1.807, 2.05) is 13.8 Å². The fourth-order valence-corrected chi connectivity index (χ4v) is 1.97. The SMILES string of the molecule is CC(C)C(N)CNc1c(F)cc([N+](=O)[O-])c2cccnc12. The molecule has 1 unspecified atom stereocenters. The summed E-state index contributed by atoms with van der Waals surface area (Å²) in [5.41, 5.74) is 6.01. The van der Waals surface area contributed by atoms with Crippen LogP contribution >= 0.6 is 0 Å². The molecular formula is C14H17FN4O2. The first-order valence-electron chi connectivity index (χ1n) is 6.63. The van der Waals surface area contributed by atoms with Gasteiger partial charge in [0.1, 0.15) is 5.52 Å². The number of benzene rings is 1. The molecule has 2 rings (SSSR count). The number of halogens is 1. The van der Waals surface area contributed by atoms with Crippen molar-refractivity contribution in [3.63, 3.8) is 0 Å². The van der Waals surface area contributed by atoms with Crippen LogP contribution in [0.25, 0.3) is 10.9 Å². The summed E-state index contributed by atoms with van der Waals surface area (Å²) in [6.45, 7) is 4.29. The molecule has 112 valence electrons. The van der Waals surface area contributed by atoms with Gasteiger partial charge >= 0.3 is 0 Å². The smallest absolute Gasteiger partial charge is 0.281 e. The van der Waals surface area contributed by atoms with Crippen LogP contribution in [0, 0.1) is 21.8 Å². The topological polar surface area (TPSA) is 94.1 Å². The molecule has 2 aromatic rings. The van der Waals surface area contributed by atoms with Gasteiger partial charge in [-0.25, -0.2) is 4.39 Å². The normalized spacial score (nSPS) is 12.6. The Morgan fingerprint density at radius 1 is 1.52 bits per heavy atom. The Kier molecular flexibility index (Phi) is 4.32. The number of hydrogen-bond donors (Lipinski definition) is 2. The Balaban J connectivity index is 2.47. The van der Waals surface area contributed by atoms with E-state index in [0.717, 1.165) is 6.07 Å². The van der Waals surface area contributed by atoms with E-state index < -0.39 is 10.7 Å². The van der Waals surface area contributed by atoms with Crippen LogP contribution in [0.5, 0.6) is 0 Å². The first-order valence-corrected chi connectivity index (χ1v) is 6.63. The Labute approximate surface area is 121 Å².